The van der Waals surface area contributed by atoms with E-state index in [9.17, 15) is 4.79 Å². The Bertz CT molecular complexity index is 729. The number of hydrogen-bond donors (Lipinski definition) is 0. The first-order chi connectivity index (χ1) is 11.8. The third kappa shape index (κ3) is 3.28. The van der Waals surface area contributed by atoms with Crippen molar-refractivity contribution < 1.29 is 4.79 Å². The quantitative estimate of drug-likeness (QED) is 0.842. The lowest BCUT2D eigenvalue weighted by molar-refractivity contribution is 0.0753. The zero-order valence-corrected chi connectivity index (χ0v) is 14.7. The number of carbonyl (C=O) groups excluding carboxylic acids is 1. The molecule has 2 aliphatic rings. The summed E-state index contributed by atoms with van der Waals surface area (Å²) in [6.45, 7) is 3.75. The van der Waals surface area contributed by atoms with Gasteiger partial charge >= 0.3 is 0 Å². The van der Waals surface area contributed by atoms with E-state index in [0.717, 1.165) is 43.4 Å². The van der Waals surface area contributed by atoms with Crippen LogP contribution in [0.25, 0.3) is 10.8 Å². The monoisotopic (exact) mass is 341 g/mol. The van der Waals surface area contributed by atoms with Gasteiger partial charge in [0.05, 0.1) is 0 Å². The maximum absolute atomic E-state index is 12.9. The number of carbonyl (C=O) groups is 1. The number of aromatic nitrogens is 1. The predicted molar refractivity (Wildman–Crippen MR) is 99.6 cm³/mol. The van der Waals surface area contributed by atoms with Gasteiger partial charge in [0.2, 0.25) is 0 Å². The van der Waals surface area contributed by atoms with E-state index in [2.05, 4.69) is 21.6 Å². The second kappa shape index (κ2) is 7.11. The molecule has 1 unspecified atom stereocenters. The fourth-order valence-electron chi connectivity index (χ4n) is 3.68. The summed E-state index contributed by atoms with van der Waals surface area (Å²) in [4.78, 5) is 21.8. The van der Waals surface area contributed by atoms with E-state index >= 15 is 0 Å². The number of pyridine rings is 1. The molecular weight excluding hydrogens is 318 g/mol. The first-order valence-electron chi connectivity index (χ1n) is 8.77. The van der Waals surface area contributed by atoms with E-state index in [-0.39, 0.29) is 5.91 Å². The van der Waals surface area contributed by atoms with Crippen LogP contribution < -0.4 is 0 Å². The highest BCUT2D eigenvalue weighted by molar-refractivity contribution is 7.99. The number of rotatable bonds is 2. The molecule has 2 aliphatic heterocycles. The van der Waals surface area contributed by atoms with E-state index in [4.69, 9.17) is 0 Å². The normalized spacial score (nSPS) is 22.7. The van der Waals surface area contributed by atoms with Crippen LogP contribution in [-0.2, 0) is 0 Å². The standard InChI is InChI=1S/C19H23N3OS/c23-19(18-12-15-4-1-2-5-16(15)13-20-18)22-8-3-7-21(9-10-22)17-6-11-24-14-17/h1-2,4-5,12-13,17H,3,6-11,14H2. The number of nitrogens with zero attached hydrogens (tertiary/aromatic N) is 3. The van der Waals surface area contributed by atoms with Crippen LogP contribution in [0.4, 0.5) is 0 Å². The highest BCUT2D eigenvalue weighted by Crippen LogP contribution is 2.23. The largest absolute Gasteiger partial charge is 0.336 e. The summed E-state index contributed by atoms with van der Waals surface area (Å²) >= 11 is 2.06. The van der Waals surface area contributed by atoms with Gasteiger partial charge in [0.15, 0.2) is 0 Å². The number of amides is 1. The topological polar surface area (TPSA) is 36.4 Å². The fraction of sp³-hybridized carbons (Fsp3) is 0.474. The Labute approximate surface area is 147 Å². The van der Waals surface area contributed by atoms with Crippen molar-refractivity contribution in [1.29, 1.82) is 0 Å². The van der Waals surface area contributed by atoms with Crippen molar-refractivity contribution in [3.63, 3.8) is 0 Å². The van der Waals surface area contributed by atoms with Gasteiger partial charge in [-0.1, -0.05) is 24.3 Å². The Morgan fingerprint density at radius 3 is 2.83 bits per heavy atom. The third-order valence-electron chi connectivity index (χ3n) is 5.09. The van der Waals surface area contributed by atoms with Crippen LogP contribution in [0.5, 0.6) is 0 Å². The van der Waals surface area contributed by atoms with Crippen LogP contribution in [0.2, 0.25) is 0 Å². The summed E-state index contributed by atoms with van der Waals surface area (Å²) in [5, 5.41) is 2.16. The minimum absolute atomic E-state index is 0.0726. The summed E-state index contributed by atoms with van der Waals surface area (Å²) in [5.74, 6) is 2.61. The van der Waals surface area contributed by atoms with Crippen LogP contribution >= 0.6 is 11.8 Å². The Morgan fingerprint density at radius 1 is 1.12 bits per heavy atom. The molecule has 126 valence electrons. The van der Waals surface area contributed by atoms with Gasteiger partial charge in [-0.25, -0.2) is 0 Å². The van der Waals surface area contributed by atoms with E-state index in [1.54, 1.807) is 0 Å². The van der Waals surface area contributed by atoms with Crippen molar-refractivity contribution in [1.82, 2.24) is 14.8 Å². The fourth-order valence-corrected chi connectivity index (χ4v) is 4.93. The molecule has 1 atom stereocenters. The van der Waals surface area contributed by atoms with Gasteiger partial charge in [0.25, 0.3) is 5.91 Å². The highest BCUT2D eigenvalue weighted by atomic mass is 32.2. The first kappa shape index (κ1) is 15.9. The van der Waals surface area contributed by atoms with Gasteiger partial charge in [-0.3, -0.25) is 14.7 Å². The Balaban J connectivity index is 1.47. The van der Waals surface area contributed by atoms with Crippen molar-refractivity contribution in [2.75, 3.05) is 37.7 Å². The SMILES string of the molecule is O=C(c1cc2ccccc2cn1)N1CCCN(C2CCSC2)CC1. The summed E-state index contributed by atoms with van der Waals surface area (Å²) in [7, 11) is 0. The van der Waals surface area contributed by atoms with Gasteiger partial charge in [0.1, 0.15) is 5.69 Å². The number of fused-ring (bicyclic) bond motifs is 1. The number of benzene rings is 1. The molecule has 0 saturated carbocycles. The molecule has 1 amide bonds. The minimum Gasteiger partial charge on any atom is -0.336 e. The first-order valence-corrected chi connectivity index (χ1v) is 9.92. The van der Waals surface area contributed by atoms with E-state index in [1.807, 2.05) is 41.4 Å². The van der Waals surface area contributed by atoms with Crippen LogP contribution in [0.15, 0.2) is 36.5 Å². The lowest BCUT2D eigenvalue weighted by Gasteiger charge is -2.26. The molecule has 0 bridgehead atoms. The molecule has 4 nitrogen and oxygen atoms in total. The van der Waals surface area contributed by atoms with Crippen LogP contribution in [-0.4, -0.2) is 64.4 Å². The molecule has 4 rings (SSSR count). The van der Waals surface area contributed by atoms with Crippen molar-refractivity contribution in [2.24, 2.45) is 0 Å². The molecule has 1 aromatic carbocycles. The Kier molecular flexibility index (Phi) is 4.72. The summed E-state index contributed by atoms with van der Waals surface area (Å²) in [5.41, 5.74) is 0.568. The Hall–Kier alpha value is -1.59. The molecule has 0 spiro atoms. The van der Waals surface area contributed by atoms with Gasteiger partial charge in [-0.2, -0.15) is 11.8 Å². The molecule has 5 heteroatoms. The van der Waals surface area contributed by atoms with Gasteiger partial charge in [0, 0.05) is 49.6 Å². The molecule has 2 aromatic rings. The molecule has 0 aliphatic carbocycles. The average molecular weight is 341 g/mol. The predicted octanol–water partition coefficient (Wildman–Crippen LogP) is 2.89. The van der Waals surface area contributed by atoms with E-state index < -0.39 is 0 Å². The lowest BCUT2D eigenvalue weighted by Crippen LogP contribution is -2.39. The molecule has 1 aromatic heterocycles. The lowest BCUT2D eigenvalue weighted by atomic mass is 10.1. The van der Waals surface area contributed by atoms with E-state index in [0.29, 0.717) is 11.7 Å². The van der Waals surface area contributed by atoms with Crippen LogP contribution in [0.1, 0.15) is 23.3 Å². The number of thioether (sulfide) groups is 1. The molecule has 24 heavy (non-hydrogen) atoms. The van der Waals surface area contributed by atoms with Crippen molar-refractivity contribution in [2.45, 2.75) is 18.9 Å². The highest BCUT2D eigenvalue weighted by Gasteiger charge is 2.27. The molecule has 3 heterocycles. The molecular formula is C19H23N3OS. The molecule has 0 radical (unpaired) electrons. The average Bonchev–Trinajstić information content (AvgIpc) is 3.05. The summed E-state index contributed by atoms with van der Waals surface area (Å²) in [6.07, 6.45) is 4.16. The molecule has 2 fully saturated rings. The maximum Gasteiger partial charge on any atom is 0.272 e. The van der Waals surface area contributed by atoms with Crippen LogP contribution in [0, 0.1) is 0 Å². The van der Waals surface area contributed by atoms with Crippen molar-refractivity contribution in [3.05, 3.63) is 42.2 Å². The molecule has 0 N–H and O–H groups in total. The second-order valence-corrected chi connectivity index (χ2v) is 7.77. The van der Waals surface area contributed by atoms with Crippen molar-refractivity contribution in [3.8, 4) is 0 Å². The van der Waals surface area contributed by atoms with E-state index in [1.165, 1.54) is 17.9 Å². The van der Waals surface area contributed by atoms with Gasteiger partial charge in [-0.15, -0.1) is 0 Å². The maximum atomic E-state index is 12.9. The summed E-state index contributed by atoms with van der Waals surface area (Å²) in [6, 6.07) is 10.7. The zero-order chi connectivity index (χ0) is 16.4. The zero-order valence-electron chi connectivity index (χ0n) is 13.9. The second-order valence-electron chi connectivity index (χ2n) is 6.62. The van der Waals surface area contributed by atoms with Crippen LogP contribution in [0.3, 0.4) is 0 Å². The summed E-state index contributed by atoms with van der Waals surface area (Å²) < 4.78 is 0. The molecule has 2 saturated heterocycles. The Morgan fingerprint density at radius 2 is 2.00 bits per heavy atom. The number of hydrogen-bond acceptors (Lipinski definition) is 4. The van der Waals surface area contributed by atoms with Crippen molar-refractivity contribution >= 4 is 28.4 Å². The smallest absolute Gasteiger partial charge is 0.272 e. The minimum atomic E-state index is 0.0726. The third-order valence-corrected chi connectivity index (χ3v) is 6.23. The van der Waals surface area contributed by atoms with Gasteiger partial charge in [-0.05, 0) is 30.0 Å². The van der Waals surface area contributed by atoms with Gasteiger partial charge < -0.3 is 4.90 Å².